The molecule has 0 aliphatic carbocycles. The lowest BCUT2D eigenvalue weighted by Crippen LogP contribution is -2.34. The Morgan fingerprint density at radius 2 is 2.29 bits per heavy atom. The number of amides is 1. The van der Waals surface area contributed by atoms with Gasteiger partial charge in [-0.15, -0.1) is 0 Å². The zero-order valence-electron chi connectivity index (χ0n) is 9.78. The Labute approximate surface area is 114 Å². The van der Waals surface area contributed by atoms with Gasteiger partial charge in [0.15, 0.2) is 0 Å². The third-order valence-corrected chi connectivity index (χ3v) is 3.82. The van der Waals surface area contributed by atoms with Crippen LogP contribution in [0.5, 0.6) is 0 Å². The van der Waals surface area contributed by atoms with E-state index >= 15 is 0 Å². The van der Waals surface area contributed by atoms with E-state index in [-0.39, 0.29) is 17.1 Å². The number of aromatic nitrogens is 1. The van der Waals surface area contributed by atoms with Crippen LogP contribution < -0.4 is 0 Å². The molecule has 3 nitrogen and oxygen atoms in total. The van der Waals surface area contributed by atoms with E-state index < -0.39 is 0 Å². The van der Waals surface area contributed by atoms with Crippen LogP contribution in [0.1, 0.15) is 30.6 Å². The van der Waals surface area contributed by atoms with Gasteiger partial charge in [0.1, 0.15) is 5.15 Å². The fraction of sp³-hybridized carbons (Fsp3) is 0.500. The third-order valence-electron chi connectivity index (χ3n) is 3.08. The molecule has 2 atom stereocenters. The van der Waals surface area contributed by atoms with Gasteiger partial charge in [0.05, 0.1) is 5.56 Å². The first-order valence-electron chi connectivity index (χ1n) is 5.61. The molecule has 1 aromatic heterocycles. The number of carbonyl (C=O) groups is 1. The molecule has 0 N–H and O–H groups in total. The lowest BCUT2D eigenvalue weighted by molar-refractivity contribution is 0.0743. The Balaban J connectivity index is 2.28. The van der Waals surface area contributed by atoms with Crippen molar-refractivity contribution < 1.29 is 4.79 Å². The summed E-state index contributed by atoms with van der Waals surface area (Å²) in [5.74, 6) is 0.522. The molecule has 0 radical (unpaired) electrons. The topological polar surface area (TPSA) is 33.2 Å². The fourth-order valence-electron chi connectivity index (χ4n) is 2.31. The Morgan fingerprint density at radius 3 is 2.88 bits per heavy atom. The van der Waals surface area contributed by atoms with E-state index in [0.717, 1.165) is 17.4 Å². The minimum atomic E-state index is -0.0272. The Kier molecular flexibility index (Phi) is 3.73. The van der Waals surface area contributed by atoms with Crippen LogP contribution in [0.4, 0.5) is 0 Å². The minimum absolute atomic E-state index is 0.0272. The number of halogens is 2. The summed E-state index contributed by atoms with van der Waals surface area (Å²) in [6.07, 6.45) is 2.64. The normalized spacial score (nSPS) is 24.1. The first kappa shape index (κ1) is 12.8. The molecule has 1 aliphatic rings. The predicted octanol–water partition coefficient (Wildman–Crippen LogP) is 3.37. The lowest BCUT2D eigenvalue weighted by Gasteiger charge is -2.21. The van der Waals surface area contributed by atoms with E-state index in [1.807, 2.05) is 4.90 Å². The summed E-state index contributed by atoms with van der Waals surface area (Å²) in [5, 5.41) is 0.268. The zero-order valence-corrected chi connectivity index (χ0v) is 12.1. The van der Waals surface area contributed by atoms with Gasteiger partial charge in [0.25, 0.3) is 5.91 Å². The van der Waals surface area contributed by atoms with E-state index in [1.165, 1.54) is 0 Å². The number of likely N-dealkylation sites (tertiary alicyclic amines) is 1. The molecule has 2 rings (SSSR count). The average Bonchev–Trinajstić information content (AvgIpc) is 2.60. The highest BCUT2D eigenvalue weighted by molar-refractivity contribution is 9.10. The summed E-state index contributed by atoms with van der Waals surface area (Å²) in [4.78, 5) is 18.2. The second kappa shape index (κ2) is 4.94. The predicted molar refractivity (Wildman–Crippen MR) is 71.2 cm³/mol. The van der Waals surface area contributed by atoms with E-state index in [2.05, 4.69) is 34.8 Å². The van der Waals surface area contributed by atoms with E-state index in [1.54, 1.807) is 12.3 Å². The monoisotopic (exact) mass is 316 g/mol. The molecular weight excluding hydrogens is 304 g/mol. The summed E-state index contributed by atoms with van der Waals surface area (Å²) in [6, 6.07) is 2.00. The molecule has 1 aromatic rings. The molecule has 0 bridgehead atoms. The largest absolute Gasteiger partial charge is 0.336 e. The summed E-state index contributed by atoms with van der Waals surface area (Å²) >= 11 is 9.28. The van der Waals surface area contributed by atoms with Gasteiger partial charge in [-0.3, -0.25) is 4.79 Å². The molecule has 5 heteroatoms. The zero-order chi connectivity index (χ0) is 12.6. The number of pyridine rings is 1. The number of hydrogen-bond donors (Lipinski definition) is 0. The van der Waals surface area contributed by atoms with E-state index in [9.17, 15) is 4.79 Å². The Hall–Kier alpha value is -0.610. The van der Waals surface area contributed by atoms with Crippen LogP contribution in [-0.4, -0.2) is 28.4 Å². The SMILES string of the molecule is CC1CC(C)N(C(=O)c2cc(Br)cnc2Cl)C1. The number of nitrogens with zero attached hydrogens (tertiary/aromatic N) is 2. The van der Waals surface area contributed by atoms with Gasteiger partial charge in [-0.25, -0.2) is 4.98 Å². The van der Waals surface area contributed by atoms with Gasteiger partial charge in [-0.2, -0.15) is 0 Å². The van der Waals surface area contributed by atoms with Crippen LogP contribution in [0, 0.1) is 5.92 Å². The molecule has 92 valence electrons. The maximum Gasteiger partial charge on any atom is 0.257 e. The van der Waals surface area contributed by atoms with Crippen molar-refractivity contribution in [3.63, 3.8) is 0 Å². The number of carbonyl (C=O) groups excluding carboxylic acids is 1. The van der Waals surface area contributed by atoms with Crippen molar-refractivity contribution in [2.24, 2.45) is 5.92 Å². The number of hydrogen-bond acceptors (Lipinski definition) is 2. The summed E-state index contributed by atoms with van der Waals surface area (Å²) in [5.41, 5.74) is 0.474. The van der Waals surface area contributed by atoms with Crippen LogP contribution in [0.3, 0.4) is 0 Å². The van der Waals surface area contributed by atoms with Gasteiger partial charge in [-0.1, -0.05) is 18.5 Å². The Bertz CT molecular complexity index is 452. The Morgan fingerprint density at radius 1 is 1.59 bits per heavy atom. The molecule has 0 spiro atoms. The first-order chi connectivity index (χ1) is 7.99. The van der Waals surface area contributed by atoms with Crippen LogP contribution in [0.2, 0.25) is 5.15 Å². The van der Waals surface area contributed by atoms with E-state index in [4.69, 9.17) is 11.6 Å². The van der Waals surface area contributed by atoms with Gasteiger partial charge >= 0.3 is 0 Å². The molecule has 2 unspecified atom stereocenters. The molecule has 17 heavy (non-hydrogen) atoms. The fourth-order valence-corrected chi connectivity index (χ4v) is 2.83. The van der Waals surface area contributed by atoms with Crippen LogP contribution >= 0.6 is 27.5 Å². The molecule has 1 aliphatic heterocycles. The summed E-state index contributed by atoms with van der Waals surface area (Å²) in [6.45, 7) is 5.02. The van der Waals surface area contributed by atoms with Gasteiger partial charge in [0.2, 0.25) is 0 Å². The molecule has 1 amide bonds. The van der Waals surface area contributed by atoms with Crippen molar-refractivity contribution in [3.05, 3.63) is 27.5 Å². The van der Waals surface area contributed by atoms with Gasteiger partial charge < -0.3 is 4.90 Å². The van der Waals surface area contributed by atoms with Crippen molar-refractivity contribution in [1.82, 2.24) is 9.88 Å². The molecule has 2 heterocycles. The highest BCUT2D eigenvalue weighted by atomic mass is 79.9. The highest BCUT2D eigenvalue weighted by Gasteiger charge is 2.31. The maximum absolute atomic E-state index is 12.4. The van der Waals surface area contributed by atoms with Gasteiger partial charge in [0, 0.05) is 23.3 Å². The lowest BCUT2D eigenvalue weighted by atomic mass is 10.1. The first-order valence-corrected chi connectivity index (χ1v) is 6.78. The second-order valence-electron chi connectivity index (χ2n) is 4.64. The van der Waals surface area contributed by atoms with Crippen LogP contribution in [0.25, 0.3) is 0 Å². The molecule has 0 saturated carbocycles. The second-order valence-corrected chi connectivity index (χ2v) is 5.91. The maximum atomic E-state index is 12.4. The highest BCUT2D eigenvalue weighted by Crippen LogP contribution is 2.27. The molecule has 0 aromatic carbocycles. The molecule has 1 saturated heterocycles. The van der Waals surface area contributed by atoms with Crippen molar-refractivity contribution in [1.29, 1.82) is 0 Å². The van der Waals surface area contributed by atoms with Crippen LogP contribution in [0.15, 0.2) is 16.7 Å². The average molecular weight is 318 g/mol. The van der Waals surface area contributed by atoms with Gasteiger partial charge in [-0.05, 0) is 41.3 Å². The van der Waals surface area contributed by atoms with Crippen molar-refractivity contribution in [2.75, 3.05) is 6.54 Å². The molecular formula is C12H14BrClN2O. The standard InChI is InChI=1S/C12H14BrClN2O/c1-7-3-8(2)16(6-7)12(17)10-4-9(13)5-15-11(10)14/h4-5,7-8H,3,6H2,1-2H3. The van der Waals surface area contributed by atoms with Crippen LogP contribution in [-0.2, 0) is 0 Å². The van der Waals surface area contributed by atoms with E-state index in [0.29, 0.717) is 11.5 Å². The quantitative estimate of drug-likeness (QED) is 0.744. The molecule has 1 fully saturated rings. The smallest absolute Gasteiger partial charge is 0.257 e. The summed E-state index contributed by atoms with van der Waals surface area (Å²) < 4.78 is 0.769. The number of rotatable bonds is 1. The van der Waals surface area contributed by atoms with Crippen molar-refractivity contribution in [2.45, 2.75) is 26.3 Å². The summed E-state index contributed by atoms with van der Waals surface area (Å²) in [7, 11) is 0. The van der Waals surface area contributed by atoms with Crippen molar-refractivity contribution >= 4 is 33.4 Å². The minimum Gasteiger partial charge on any atom is -0.336 e. The van der Waals surface area contributed by atoms with Crippen molar-refractivity contribution in [3.8, 4) is 0 Å². The third kappa shape index (κ3) is 2.63.